The van der Waals surface area contributed by atoms with Crippen LogP contribution in [0.1, 0.15) is 31.4 Å². The Morgan fingerprint density at radius 1 is 1.03 bits per heavy atom. The van der Waals surface area contributed by atoms with Crippen LogP contribution in [0.25, 0.3) is 0 Å². The molecule has 0 fully saturated rings. The van der Waals surface area contributed by atoms with Crippen LogP contribution in [-0.4, -0.2) is 5.91 Å². The van der Waals surface area contributed by atoms with Gasteiger partial charge in [-0.25, -0.2) is 4.39 Å². The van der Waals surface area contributed by atoms with Gasteiger partial charge in [0.05, 0.1) is 0 Å². The van der Waals surface area contributed by atoms with Gasteiger partial charge in [0.15, 0.2) is 0 Å². The fourth-order valence-corrected chi connectivity index (χ4v) is 3.46. The molecule has 4 nitrogen and oxygen atoms in total. The Balaban J connectivity index is 1.64. The average Bonchev–Trinajstić information content (AvgIpc) is 2.72. The summed E-state index contributed by atoms with van der Waals surface area (Å²) >= 11 is 3.51. The van der Waals surface area contributed by atoms with Crippen molar-refractivity contribution < 1.29 is 13.9 Å². The second-order valence-electron chi connectivity index (χ2n) is 7.75. The summed E-state index contributed by atoms with van der Waals surface area (Å²) in [6.07, 6.45) is 0.491. The highest BCUT2D eigenvalue weighted by Crippen LogP contribution is 2.26. The van der Waals surface area contributed by atoms with E-state index in [1.165, 1.54) is 12.1 Å². The molecule has 0 atom stereocenters. The Kier molecular flexibility index (Phi) is 8.06. The first-order chi connectivity index (χ1) is 14.9. The Labute approximate surface area is 191 Å². The van der Waals surface area contributed by atoms with Crippen molar-refractivity contribution in [2.24, 2.45) is 5.92 Å². The summed E-state index contributed by atoms with van der Waals surface area (Å²) in [7, 11) is 0. The zero-order valence-corrected chi connectivity index (χ0v) is 19.2. The molecule has 0 spiro atoms. The molecule has 0 saturated heterocycles. The van der Waals surface area contributed by atoms with E-state index in [4.69, 9.17) is 4.74 Å². The predicted molar refractivity (Wildman–Crippen MR) is 127 cm³/mol. The van der Waals surface area contributed by atoms with Crippen molar-refractivity contribution >= 4 is 33.2 Å². The van der Waals surface area contributed by atoms with Gasteiger partial charge in [-0.15, -0.1) is 0 Å². The molecule has 1 amide bonds. The number of rotatable bonds is 9. The Hall–Kier alpha value is -2.86. The van der Waals surface area contributed by atoms with Crippen LogP contribution in [0.5, 0.6) is 5.75 Å². The first-order valence-corrected chi connectivity index (χ1v) is 11.0. The van der Waals surface area contributed by atoms with Crippen LogP contribution in [0.2, 0.25) is 0 Å². The standard InChI is InChI=1S/C25H26BrFN2O2/c1-17(2)12-25(30)29-23-5-3-4-22(14-23)28-15-19-13-20(26)8-11-24(19)31-16-18-6-9-21(27)10-7-18/h3-11,13-14,17,28H,12,15-16H2,1-2H3,(H,29,30). The van der Waals surface area contributed by atoms with E-state index in [0.717, 1.165) is 32.7 Å². The summed E-state index contributed by atoms with van der Waals surface area (Å²) in [5, 5.41) is 6.32. The number of amides is 1. The zero-order valence-electron chi connectivity index (χ0n) is 17.6. The lowest BCUT2D eigenvalue weighted by molar-refractivity contribution is -0.116. The van der Waals surface area contributed by atoms with Crippen molar-refractivity contribution in [3.05, 3.63) is 88.1 Å². The van der Waals surface area contributed by atoms with Gasteiger partial charge in [-0.2, -0.15) is 0 Å². The van der Waals surface area contributed by atoms with Crippen LogP contribution in [0, 0.1) is 11.7 Å². The normalized spacial score (nSPS) is 10.7. The van der Waals surface area contributed by atoms with E-state index in [2.05, 4.69) is 26.6 Å². The van der Waals surface area contributed by atoms with Gasteiger partial charge >= 0.3 is 0 Å². The maximum atomic E-state index is 13.1. The predicted octanol–water partition coefficient (Wildman–Crippen LogP) is 6.76. The van der Waals surface area contributed by atoms with E-state index in [-0.39, 0.29) is 11.7 Å². The molecule has 6 heteroatoms. The fraction of sp³-hybridized carbons (Fsp3) is 0.240. The van der Waals surface area contributed by atoms with Gasteiger partial charge in [-0.3, -0.25) is 4.79 Å². The average molecular weight is 485 g/mol. The Morgan fingerprint density at radius 3 is 2.52 bits per heavy atom. The first-order valence-electron chi connectivity index (χ1n) is 10.2. The van der Waals surface area contributed by atoms with Crippen molar-refractivity contribution in [3.8, 4) is 5.75 Å². The summed E-state index contributed by atoms with van der Waals surface area (Å²) in [6.45, 7) is 4.93. The van der Waals surface area contributed by atoms with Gasteiger partial charge in [-0.1, -0.05) is 48.0 Å². The summed E-state index contributed by atoms with van der Waals surface area (Å²) < 4.78 is 20.0. The zero-order chi connectivity index (χ0) is 22.2. The van der Waals surface area contributed by atoms with Crippen molar-refractivity contribution in [2.75, 3.05) is 10.6 Å². The number of benzene rings is 3. The number of carbonyl (C=O) groups is 1. The molecule has 31 heavy (non-hydrogen) atoms. The molecule has 2 N–H and O–H groups in total. The second-order valence-corrected chi connectivity index (χ2v) is 8.66. The summed E-state index contributed by atoms with van der Waals surface area (Å²) in [5.74, 6) is 0.808. The molecule has 3 aromatic rings. The van der Waals surface area contributed by atoms with Gasteiger partial charge in [0.25, 0.3) is 0 Å². The molecule has 0 unspecified atom stereocenters. The minimum Gasteiger partial charge on any atom is -0.489 e. The molecule has 0 saturated carbocycles. The minimum absolute atomic E-state index is 0.00983. The lowest BCUT2D eigenvalue weighted by Crippen LogP contribution is -2.14. The van der Waals surface area contributed by atoms with Gasteiger partial charge in [0.1, 0.15) is 18.2 Å². The molecule has 0 aliphatic carbocycles. The number of carbonyl (C=O) groups excluding carboxylic acids is 1. The third-order valence-electron chi connectivity index (χ3n) is 4.55. The lowest BCUT2D eigenvalue weighted by atomic mass is 10.1. The number of halogens is 2. The largest absolute Gasteiger partial charge is 0.489 e. The number of hydrogen-bond acceptors (Lipinski definition) is 3. The number of ether oxygens (including phenoxy) is 1. The molecular weight excluding hydrogens is 459 g/mol. The fourth-order valence-electron chi connectivity index (χ4n) is 3.06. The third-order valence-corrected chi connectivity index (χ3v) is 5.05. The highest BCUT2D eigenvalue weighted by molar-refractivity contribution is 9.10. The molecule has 162 valence electrons. The maximum Gasteiger partial charge on any atom is 0.224 e. The minimum atomic E-state index is -0.264. The lowest BCUT2D eigenvalue weighted by Gasteiger charge is -2.14. The van der Waals surface area contributed by atoms with E-state index in [1.807, 2.05) is 56.3 Å². The molecule has 0 aliphatic heterocycles. The van der Waals surface area contributed by atoms with Crippen LogP contribution in [0.3, 0.4) is 0 Å². The van der Waals surface area contributed by atoms with E-state index in [0.29, 0.717) is 25.5 Å². The molecule has 0 aromatic heterocycles. The molecular formula is C25H26BrFN2O2. The van der Waals surface area contributed by atoms with Crippen LogP contribution >= 0.6 is 15.9 Å². The van der Waals surface area contributed by atoms with Crippen LogP contribution in [0.4, 0.5) is 15.8 Å². The third kappa shape index (κ3) is 7.40. The van der Waals surface area contributed by atoms with Crippen LogP contribution in [-0.2, 0) is 17.9 Å². The Bertz CT molecular complexity index is 1020. The molecule has 0 heterocycles. The quantitative estimate of drug-likeness (QED) is 0.352. The van der Waals surface area contributed by atoms with Crippen molar-refractivity contribution in [1.29, 1.82) is 0 Å². The number of anilines is 2. The van der Waals surface area contributed by atoms with Crippen LogP contribution < -0.4 is 15.4 Å². The van der Waals surface area contributed by atoms with Crippen molar-refractivity contribution in [3.63, 3.8) is 0 Å². The van der Waals surface area contributed by atoms with Gasteiger partial charge < -0.3 is 15.4 Å². The summed E-state index contributed by atoms with van der Waals surface area (Å²) in [5.41, 5.74) is 3.53. The molecule has 0 bridgehead atoms. The van der Waals surface area contributed by atoms with E-state index in [9.17, 15) is 9.18 Å². The van der Waals surface area contributed by atoms with E-state index < -0.39 is 0 Å². The van der Waals surface area contributed by atoms with Gasteiger partial charge in [-0.05, 0) is 60.0 Å². The number of nitrogens with one attached hydrogen (secondary N) is 2. The molecule has 3 aromatic carbocycles. The molecule has 0 radical (unpaired) electrons. The van der Waals surface area contributed by atoms with Gasteiger partial charge in [0, 0.05) is 34.4 Å². The first kappa shape index (κ1) is 22.8. The molecule has 3 rings (SSSR count). The number of hydrogen-bond donors (Lipinski definition) is 2. The van der Waals surface area contributed by atoms with Crippen LogP contribution in [0.15, 0.2) is 71.2 Å². The van der Waals surface area contributed by atoms with Crippen molar-refractivity contribution in [1.82, 2.24) is 0 Å². The Morgan fingerprint density at radius 2 is 1.77 bits per heavy atom. The summed E-state index contributed by atoms with van der Waals surface area (Å²) in [4.78, 5) is 12.0. The van der Waals surface area contributed by atoms with Crippen molar-refractivity contribution in [2.45, 2.75) is 33.4 Å². The monoisotopic (exact) mass is 484 g/mol. The topological polar surface area (TPSA) is 50.4 Å². The van der Waals surface area contributed by atoms with E-state index >= 15 is 0 Å². The summed E-state index contributed by atoms with van der Waals surface area (Å²) in [6, 6.07) is 19.8. The highest BCUT2D eigenvalue weighted by atomic mass is 79.9. The second kappa shape index (κ2) is 11.0. The highest BCUT2D eigenvalue weighted by Gasteiger charge is 2.08. The maximum absolute atomic E-state index is 13.1. The molecule has 0 aliphatic rings. The van der Waals surface area contributed by atoms with Gasteiger partial charge in [0.2, 0.25) is 5.91 Å². The van der Waals surface area contributed by atoms with E-state index in [1.54, 1.807) is 12.1 Å². The smallest absolute Gasteiger partial charge is 0.224 e. The SMILES string of the molecule is CC(C)CC(=O)Nc1cccc(NCc2cc(Br)ccc2OCc2ccc(F)cc2)c1.